The number of urea groups is 1. The Morgan fingerprint density at radius 2 is 2.08 bits per heavy atom. The fourth-order valence-electron chi connectivity index (χ4n) is 1.77. The van der Waals surface area contributed by atoms with Crippen LogP contribution >= 0.6 is 0 Å². The van der Waals surface area contributed by atoms with Crippen molar-refractivity contribution in [2.24, 2.45) is 5.73 Å². The van der Waals surface area contributed by atoms with Crippen LogP contribution in [0.1, 0.15) is 12.5 Å². The first-order valence-electron chi connectivity index (χ1n) is 6.92. The number of allylic oxidation sites excluding steroid dienone is 3. The second kappa shape index (κ2) is 7.26. The second-order valence-corrected chi connectivity index (χ2v) is 4.87. The number of nitrogens with two attached hydrogens (primary N) is 1. The number of hydroxylamine groups is 2. The number of primary amides is 1. The molecule has 0 aliphatic heterocycles. The third-order valence-electron chi connectivity index (χ3n) is 3.00. The summed E-state index contributed by atoms with van der Waals surface area (Å²) in [7, 11) is 0. The number of hydrogen-bond acceptors (Lipinski definition) is 5. The van der Waals surface area contributed by atoms with Gasteiger partial charge in [-0.1, -0.05) is 17.9 Å². The Morgan fingerprint density at radius 3 is 2.79 bits per heavy atom. The van der Waals surface area contributed by atoms with Crippen LogP contribution in [0.25, 0.3) is 0 Å². The van der Waals surface area contributed by atoms with E-state index in [4.69, 9.17) is 10.5 Å². The SMILES string of the molecule is CC(C#Cc1cccc(OC2=CC(=O)C=CC2=O)c1)N(O)C(N)=O. The van der Waals surface area contributed by atoms with Crippen molar-refractivity contribution in [3.05, 3.63) is 53.8 Å². The minimum absolute atomic E-state index is 0.0729. The summed E-state index contributed by atoms with van der Waals surface area (Å²) in [5, 5.41) is 9.66. The molecule has 1 aromatic carbocycles. The highest BCUT2D eigenvalue weighted by Crippen LogP contribution is 2.18. The molecule has 1 aliphatic carbocycles. The predicted molar refractivity (Wildman–Crippen MR) is 83.9 cm³/mol. The Balaban J connectivity index is 2.14. The van der Waals surface area contributed by atoms with Gasteiger partial charge >= 0.3 is 6.03 Å². The zero-order valence-electron chi connectivity index (χ0n) is 12.7. The van der Waals surface area contributed by atoms with E-state index in [-0.39, 0.29) is 11.5 Å². The standard InChI is InChI=1S/C17H14N2O5/c1-11(19(23)17(18)22)5-6-12-3-2-4-14(9-12)24-16-10-13(20)7-8-15(16)21/h2-4,7-11,23H,1H3,(H2,18,22). The molecule has 0 heterocycles. The van der Waals surface area contributed by atoms with Crippen LogP contribution in [-0.4, -0.2) is 33.9 Å². The quantitative estimate of drug-likeness (QED) is 0.375. The topological polar surface area (TPSA) is 110 Å². The molecule has 0 bridgehead atoms. The Hall–Kier alpha value is -3.37. The smallest absolute Gasteiger partial charge is 0.339 e. The molecular formula is C17H14N2O5. The van der Waals surface area contributed by atoms with Crippen LogP contribution in [-0.2, 0) is 9.59 Å². The zero-order chi connectivity index (χ0) is 17.7. The molecule has 2 amide bonds. The third kappa shape index (κ3) is 4.32. The molecule has 1 aromatic rings. The van der Waals surface area contributed by atoms with Crippen LogP contribution in [0.3, 0.4) is 0 Å². The molecule has 0 radical (unpaired) electrons. The van der Waals surface area contributed by atoms with Crippen molar-refractivity contribution in [2.75, 3.05) is 0 Å². The Labute approximate surface area is 138 Å². The summed E-state index contributed by atoms with van der Waals surface area (Å²) in [5.74, 6) is 4.92. The number of rotatable bonds is 3. The Morgan fingerprint density at radius 1 is 1.33 bits per heavy atom. The van der Waals surface area contributed by atoms with Crippen molar-refractivity contribution in [3.8, 4) is 17.6 Å². The van der Waals surface area contributed by atoms with Crippen molar-refractivity contribution < 1.29 is 24.3 Å². The molecule has 24 heavy (non-hydrogen) atoms. The van der Waals surface area contributed by atoms with Gasteiger partial charge in [0, 0.05) is 11.6 Å². The average molecular weight is 326 g/mol. The Kier molecular flexibility index (Phi) is 5.14. The average Bonchev–Trinajstić information content (AvgIpc) is 2.55. The van der Waals surface area contributed by atoms with Crippen molar-refractivity contribution in [1.82, 2.24) is 5.06 Å². The minimum atomic E-state index is -1.01. The van der Waals surface area contributed by atoms with Gasteiger partial charge in [0.15, 0.2) is 11.5 Å². The monoisotopic (exact) mass is 326 g/mol. The van der Waals surface area contributed by atoms with E-state index in [9.17, 15) is 19.6 Å². The lowest BCUT2D eigenvalue weighted by Gasteiger charge is -2.14. The summed E-state index contributed by atoms with van der Waals surface area (Å²) in [5.41, 5.74) is 5.47. The number of carbonyl (C=O) groups is 3. The van der Waals surface area contributed by atoms with Crippen molar-refractivity contribution >= 4 is 17.6 Å². The zero-order valence-corrected chi connectivity index (χ0v) is 12.7. The number of ketones is 2. The number of carbonyl (C=O) groups excluding carboxylic acids is 3. The second-order valence-electron chi connectivity index (χ2n) is 4.87. The number of ether oxygens (including phenoxy) is 1. The number of hydrogen-bond donors (Lipinski definition) is 2. The lowest BCUT2D eigenvalue weighted by Crippen LogP contribution is -2.38. The first kappa shape index (κ1) is 17.0. The molecule has 0 fully saturated rings. The van der Waals surface area contributed by atoms with Gasteiger partial charge in [0.2, 0.25) is 5.78 Å². The van der Waals surface area contributed by atoms with Gasteiger partial charge in [-0.25, -0.2) is 4.79 Å². The molecule has 0 saturated heterocycles. The summed E-state index contributed by atoms with van der Waals surface area (Å²) >= 11 is 0. The summed E-state index contributed by atoms with van der Waals surface area (Å²) in [4.78, 5) is 33.8. The number of amides is 2. The van der Waals surface area contributed by atoms with Gasteiger partial charge in [-0.3, -0.25) is 14.8 Å². The Bertz CT molecular complexity index is 814. The van der Waals surface area contributed by atoms with Gasteiger partial charge in [-0.2, -0.15) is 5.06 Å². The highest BCUT2D eigenvalue weighted by Gasteiger charge is 2.15. The third-order valence-corrected chi connectivity index (χ3v) is 3.00. The molecule has 1 aliphatic rings. The van der Waals surface area contributed by atoms with Crippen LogP contribution in [0.15, 0.2) is 48.3 Å². The van der Waals surface area contributed by atoms with Gasteiger partial charge in [-0.15, -0.1) is 0 Å². The molecule has 0 aromatic heterocycles. The van der Waals surface area contributed by atoms with Gasteiger partial charge in [0.05, 0.1) is 0 Å². The maximum atomic E-state index is 11.6. The molecule has 122 valence electrons. The highest BCUT2D eigenvalue weighted by atomic mass is 16.5. The molecular weight excluding hydrogens is 312 g/mol. The molecule has 1 unspecified atom stereocenters. The maximum absolute atomic E-state index is 11.6. The molecule has 7 heteroatoms. The molecule has 3 N–H and O–H groups in total. The van der Waals surface area contributed by atoms with Crippen LogP contribution in [0.4, 0.5) is 4.79 Å². The van der Waals surface area contributed by atoms with Crippen molar-refractivity contribution in [2.45, 2.75) is 13.0 Å². The van der Waals surface area contributed by atoms with E-state index in [0.717, 1.165) is 18.2 Å². The number of nitrogens with zero attached hydrogens (tertiary/aromatic N) is 1. The largest absolute Gasteiger partial charge is 0.453 e. The summed E-state index contributed by atoms with van der Waals surface area (Å²) in [6.45, 7) is 1.50. The van der Waals surface area contributed by atoms with Gasteiger partial charge in [0.25, 0.3) is 0 Å². The van der Waals surface area contributed by atoms with Crippen LogP contribution in [0.5, 0.6) is 5.75 Å². The first-order chi connectivity index (χ1) is 11.4. The predicted octanol–water partition coefficient (Wildman–Crippen LogP) is 1.17. The summed E-state index contributed by atoms with van der Waals surface area (Å²) in [6, 6.07) is 4.70. The fraction of sp³-hybridized carbons (Fsp3) is 0.118. The lowest BCUT2D eigenvalue weighted by molar-refractivity contribution is -0.116. The van der Waals surface area contributed by atoms with Crippen molar-refractivity contribution in [3.63, 3.8) is 0 Å². The molecule has 0 saturated carbocycles. The van der Waals surface area contributed by atoms with Gasteiger partial charge in [0.1, 0.15) is 11.8 Å². The summed E-state index contributed by atoms with van der Waals surface area (Å²) in [6.07, 6.45) is 3.42. The lowest BCUT2D eigenvalue weighted by atomic mass is 10.1. The van der Waals surface area contributed by atoms with Crippen molar-refractivity contribution in [1.29, 1.82) is 0 Å². The van der Waals surface area contributed by atoms with Crippen LogP contribution in [0.2, 0.25) is 0 Å². The number of benzene rings is 1. The normalized spacial score (nSPS) is 14.3. The summed E-state index contributed by atoms with van der Waals surface area (Å²) < 4.78 is 5.41. The fourth-order valence-corrected chi connectivity index (χ4v) is 1.77. The van der Waals surface area contributed by atoms with E-state index < -0.39 is 17.9 Å². The van der Waals surface area contributed by atoms with E-state index in [1.54, 1.807) is 24.3 Å². The molecule has 0 spiro atoms. The molecule has 1 atom stereocenters. The van der Waals surface area contributed by atoms with Crippen LogP contribution < -0.4 is 10.5 Å². The maximum Gasteiger partial charge on any atom is 0.339 e. The molecule has 2 rings (SSSR count). The molecule has 7 nitrogen and oxygen atoms in total. The van der Waals surface area contributed by atoms with Gasteiger partial charge in [-0.05, 0) is 37.3 Å². The van der Waals surface area contributed by atoms with E-state index >= 15 is 0 Å². The minimum Gasteiger partial charge on any atom is -0.453 e. The van der Waals surface area contributed by atoms with E-state index in [2.05, 4.69) is 11.8 Å². The van der Waals surface area contributed by atoms with Gasteiger partial charge < -0.3 is 10.5 Å². The first-order valence-corrected chi connectivity index (χ1v) is 6.92. The van der Waals surface area contributed by atoms with E-state index in [0.29, 0.717) is 16.4 Å². The van der Waals surface area contributed by atoms with E-state index in [1.807, 2.05) is 0 Å². The van der Waals surface area contributed by atoms with E-state index in [1.165, 1.54) is 6.92 Å². The van der Waals surface area contributed by atoms with Crippen LogP contribution in [0, 0.1) is 11.8 Å². The highest BCUT2D eigenvalue weighted by molar-refractivity contribution is 6.16.